The second-order valence-corrected chi connectivity index (χ2v) is 5.30. The lowest BCUT2D eigenvalue weighted by molar-refractivity contribution is 0.103. The van der Waals surface area contributed by atoms with Crippen molar-refractivity contribution >= 4 is 40.3 Å². The Morgan fingerprint density at radius 2 is 2.05 bits per heavy atom. The normalized spacial score (nSPS) is 11.4. The molecule has 0 atom stereocenters. The van der Waals surface area contributed by atoms with E-state index >= 15 is 0 Å². The van der Waals surface area contributed by atoms with Gasteiger partial charge in [0.1, 0.15) is 12.4 Å². The van der Waals surface area contributed by atoms with Crippen LogP contribution in [0.2, 0.25) is 0 Å². The molecule has 98 valence electrons. The smallest absolute Gasteiger partial charge is 0.206 e. The molecule has 0 aliphatic rings. The summed E-state index contributed by atoms with van der Waals surface area (Å²) in [5, 5.41) is 2.24. The highest BCUT2D eigenvalue weighted by atomic mass is 35.5. The van der Waals surface area contributed by atoms with E-state index in [0.717, 1.165) is 0 Å². The second-order valence-electron chi connectivity index (χ2n) is 3.65. The van der Waals surface area contributed by atoms with Gasteiger partial charge in [-0.2, -0.15) is 0 Å². The number of benzene rings is 1. The molecule has 0 aliphatic carbocycles. The van der Waals surface area contributed by atoms with E-state index in [-0.39, 0.29) is 12.4 Å². The molecule has 0 radical (unpaired) electrons. The minimum absolute atomic E-state index is 0.0587. The summed E-state index contributed by atoms with van der Waals surface area (Å²) in [7, 11) is 0. The number of ketones is 1. The lowest BCUT2D eigenvalue weighted by Crippen LogP contribution is -2.05. The van der Waals surface area contributed by atoms with Gasteiger partial charge < -0.3 is 4.74 Å². The van der Waals surface area contributed by atoms with E-state index in [1.165, 1.54) is 16.9 Å². The van der Waals surface area contributed by atoms with Crippen molar-refractivity contribution in [2.75, 3.05) is 6.61 Å². The monoisotopic (exact) mass is 312 g/mol. The number of hydrogen-bond acceptors (Lipinski definition) is 3. The van der Waals surface area contributed by atoms with Crippen molar-refractivity contribution in [3.63, 3.8) is 0 Å². The number of hydrogen-bond donors (Lipinski definition) is 0. The van der Waals surface area contributed by atoms with Crippen LogP contribution in [0.5, 0.6) is 5.75 Å². The molecule has 0 aliphatic heterocycles. The van der Waals surface area contributed by atoms with Crippen LogP contribution in [-0.2, 0) is 0 Å². The van der Waals surface area contributed by atoms with E-state index in [9.17, 15) is 4.79 Å². The van der Waals surface area contributed by atoms with Crippen molar-refractivity contribution in [1.82, 2.24) is 0 Å². The van der Waals surface area contributed by atoms with E-state index < -0.39 is 0 Å². The van der Waals surface area contributed by atoms with Gasteiger partial charge in [-0.15, -0.1) is 11.3 Å². The van der Waals surface area contributed by atoms with E-state index in [1.807, 2.05) is 11.4 Å². The topological polar surface area (TPSA) is 26.3 Å². The first kappa shape index (κ1) is 14.1. The third-order valence-electron chi connectivity index (χ3n) is 2.36. The van der Waals surface area contributed by atoms with Crippen LogP contribution in [0.4, 0.5) is 0 Å². The molecular formula is C14H10Cl2O2S. The molecule has 0 spiro atoms. The average molecular weight is 313 g/mol. The summed E-state index contributed by atoms with van der Waals surface area (Å²) in [6.07, 6.45) is 0. The third kappa shape index (κ3) is 3.60. The number of thiophene rings is 1. The zero-order valence-electron chi connectivity index (χ0n) is 9.81. The molecule has 0 bridgehead atoms. The Balaban J connectivity index is 2.23. The first-order valence-corrected chi connectivity index (χ1v) is 7.16. The Kier molecular flexibility index (Phi) is 5.02. The van der Waals surface area contributed by atoms with Crippen LogP contribution in [-0.4, -0.2) is 12.4 Å². The van der Waals surface area contributed by atoms with Crippen LogP contribution in [0.3, 0.4) is 0 Å². The number of ether oxygens (including phenoxy) is 1. The zero-order chi connectivity index (χ0) is 13.7. The number of halogens is 2. The van der Waals surface area contributed by atoms with E-state index in [1.54, 1.807) is 30.3 Å². The second kappa shape index (κ2) is 6.75. The first-order chi connectivity index (χ1) is 9.22. The lowest BCUT2D eigenvalue weighted by Gasteiger charge is -2.09. The molecule has 2 rings (SSSR count). The molecule has 0 unspecified atom stereocenters. The van der Waals surface area contributed by atoms with Gasteiger partial charge in [0, 0.05) is 5.54 Å². The van der Waals surface area contributed by atoms with Crippen molar-refractivity contribution < 1.29 is 9.53 Å². The quantitative estimate of drug-likeness (QED) is 0.749. The van der Waals surface area contributed by atoms with Gasteiger partial charge in [0.2, 0.25) is 5.78 Å². The highest BCUT2D eigenvalue weighted by molar-refractivity contribution is 7.12. The maximum atomic E-state index is 12.3. The van der Waals surface area contributed by atoms with Gasteiger partial charge >= 0.3 is 0 Å². The molecule has 5 heteroatoms. The van der Waals surface area contributed by atoms with Crippen molar-refractivity contribution in [1.29, 1.82) is 0 Å². The standard InChI is InChI=1S/C14H10Cl2O2S/c15-8-10(16)9-18-12-5-2-1-4-11(12)14(17)13-6-3-7-19-13/h1-8H,9H2. The van der Waals surface area contributed by atoms with E-state index in [2.05, 4.69) is 0 Å². The van der Waals surface area contributed by atoms with Crippen LogP contribution in [0.1, 0.15) is 15.2 Å². The summed E-state index contributed by atoms with van der Waals surface area (Å²) in [5.41, 5.74) is 1.76. The molecule has 19 heavy (non-hydrogen) atoms. The van der Waals surface area contributed by atoms with Gasteiger partial charge in [0.15, 0.2) is 0 Å². The lowest BCUT2D eigenvalue weighted by atomic mass is 10.1. The van der Waals surface area contributed by atoms with Gasteiger partial charge in [-0.25, -0.2) is 0 Å². The van der Waals surface area contributed by atoms with Gasteiger partial charge in [0.05, 0.1) is 15.5 Å². The van der Waals surface area contributed by atoms with Gasteiger partial charge in [-0.05, 0) is 23.6 Å². The van der Waals surface area contributed by atoms with Crippen LogP contribution in [0.15, 0.2) is 52.3 Å². The molecule has 0 saturated carbocycles. The van der Waals surface area contributed by atoms with Gasteiger partial charge in [-0.3, -0.25) is 4.79 Å². The van der Waals surface area contributed by atoms with Crippen molar-refractivity contribution in [2.45, 2.75) is 0 Å². The minimum atomic E-state index is -0.0587. The van der Waals surface area contributed by atoms with Crippen LogP contribution in [0, 0.1) is 0 Å². The summed E-state index contributed by atoms with van der Waals surface area (Å²) in [6.45, 7) is 0.139. The average Bonchev–Trinajstić information content (AvgIpc) is 2.98. The van der Waals surface area contributed by atoms with Gasteiger partial charge in [-0.1, -0.05) is 41.4 Å². The maximum absolute atomic E-state index is 12.3. The fraction of sp³-hybridized carbons (Fsp3) is 0.0714. The predicted octanol–water partition coefficient (Wildman–Crippen LogP) is 4.68. The SMILES string of the molecule is O=C(c1cccs1)c1ccccc1OCC(Cl)=CCl. The Bertz CT molecular complexity index is 591. The fourth-order valence-electron chi connectivity index (χ4n) is 1.50. The molecule has 0 amide bonds. The molecule has 1 aromatic carbocycles. The van der Waals surface area contributed by atoms with Crippen molar-refractivity contribution in [2.24, 2.45) is 0 Å². The Hall–Kier alpha value is -1.29. The van der Waals surface area contributed by atoms with Crippen molar-refractivity contribution in [3.8, 4) is 5.75 Å². The molecule has 1 heterocycles. The van der Waals surface area contributed by atoms with Crippen LogP contribution >= 0.6 is 34.5 Å². The van der Waals surface area contributed by atoms with Crippen LogP contribution in [0.25, 0.3) is 0 Å². The third-order valence-corrected chi connectivity index (χ3v) is 3.82. The van der Waals surface area contributed by atoms with Gasteiger partial charge in [0.25, 0.3) is 0 Å². The fourth-order valence-corrected chi connectivity index (χ4v) is 2.29. The van der Waals surface area contributed by atoms with Crippen LogP contribution < -0.4 is 4.74 Å². The Morgan fingerprint density at radius 1 is 1.26 bits per heavy atom. The molecule has 2 aromatic rings. The summed E-state index contributed by atoms with van der Waals surface area (Å²) >= 11 is 12.6. The highest BCUT2D eigenvalue weighted by Gasteiger charge is 2.15. The van der Waals surface area contributed by atoms with Crippen molar-refractivity contribution in [3.05, 3.63) is 62.8 Å². The summed E-state index contributed by atoms with van der Waals surface area (Å²) in [6, 6.07) is 10.7. The number of carbonyl (C=O) groups excluding carboxylic acids is 1. The Morgan fingerprint density at radius 3 is 2.74 bits per heavy atom. The molecule has 1 aromatic heterocycles. The molecule has 0 N–H and O–H groups in total. The summed E-state index contributed by atoms with van der Waals surface area (Å²) in [5.74, 6) is 0.439. The number of para-hydroxylation sites is 1. The Labute approximate surface area is 125 Å². The zero-order valence-corrected chi connectivity index (χ0v) is 12.1. The number of carbonyl (C=O) groups is 1. The molecule has 0 saturated heterocycles. The molecular weight excluding hydrogens is 303 g/mol. The first-order valence-electron chi connectivity index (χ1n) is 5.47. The maximum Gasteiger partial charge on any atom is 0.206 e. The summed E-state index contributed by atoms with van der Waals surface area (Å²) in [4.78, 5) is 13.0. The largest absolute Gasteiger partial charge is 0.487 e. The molecule has 2 nitrogen and oxygen atoms in total. The predicted molar refractivity (Wildman–Crippen MR) is 79.5 cm³/mol. The van der Waals surface area contributed by atoms with E-state index in [0.29, 0.717) is 21.2 Å². The summed E-state index contributed by atoms with van der Waals surface area (Å²) < 4.78 is 5.51. The minimum Gasteiger partial charge on any atom is -0.487 e. The highest BCUT2D eigenvalue weighted by Crippen LogP contribution is 2.24. The molecule has 0 fully saturated rings. The van der Waals surface area contributed by atoms with E-state index in [4.69, 9.17) is 27.9 Å². The number of rotatable bonds is 5.